The maximum atomic E-state index is 12.7. The molecule has 0 saturated heterocycles. The predicted octanol–water partition coefficient (Wildman–Crippen LogP) is 3.42. The smallest absolute Gasteiger partial charge is 0.313 e. The average Bonchev–Trinajstić information content (AvgIpc) is 3.23. The molecule has 30 heavy (non-hydrogen) atoms. The number of hydrazine groups is 1. The third-order valence-corrected chi connectivity index (χ3v) is 6.64. The van der Waals surface area contributed by atoms with E-state index in [1.54, 1.807) is 6.07 Å². The van der Waals surface area contributed by atoms with Crippen LogP contribution in [0.1, 0.15) is 51.9 Å². The van der Waals surface area contributed by atoms with Gasteiger partial charge in [-0.2, -0.15) is 0 Å². The van der Waals surface area contributed by atoms with E-state index in [2.05, 4.69) is 16.2 Å². The van der Waals surface area contributed by atoms with Crippen molar-refractivity contribution in [3.8, 4) is 0 Å². The maximum Gasteiger partial charge on any atom is 0.324 e. The molecule has 11 heteroatoms. The average molecular weight is 449 g/mol. The number of nitro groups is 1. The molecular formula is C19H20N4O5S2. The zero-order valence-electron chi connectivity index (χ0n) is 16.1. The highest BCUT2D eigenvalue weighted by Gasteiger charge is 2.25. The van der Waals surface area contributed by atoms with Crippen LogP contribution in [0.5, 0.6) is 0 Å². The Kier molecular flexibility index (Phi) is 6.95. The van der Waals surface area contributed by atoms with Crippen molar-refractivity contribution >= 4 is 56.5 Å². The quantitative estimate of drug-likeness (QED) is 0.279. The van der Waals surface area contributed by atoms with Gasteiger partial charge < -0.3 is 5.32 Å². The first-order valence-electron chi connectivity index (χ1n) is 9.30. The van der Waals surface area contributed by atoms with Crippen molar-refractivity contribution < 1.29 is 19.3 Å². The number of amides is 3. The summed E-state index contributed by atoms with van der Waals surface area (Å²) in [7, 11) is 0. The lowest BCUT2D eigenvalue weighted by molar-refractivity contribution is -0.380. The van der Waals surface area contributed by atoms with Gasteiger partial charge in [0.25, 0.3) is 5.91 Å². The van der Waals surface area contributed by atoms with Gasteiger partial charge >= 0.3 is 5.00 Å². The van der Waals surface area contributed by atoms with Crippen LogP contribution in [-0.4, -0.2) is 22.6 Å². The molecule has 3 N–H and O–H groups in total. The molecule has 0 aliphatic heterocycles. The molecule has 0 bridgehead atoms. The Bertz CT molecular complexity index is 1020. The van der Waals surface area contributed by atoms with Crippen molar-refractivity contribution in [3.63, 3.8) is 0 Å². The van der Waals surface area contributed by atoms with Gasteiger partial charge in [0.05, 0.1) is 10.5 Å². The SMILES string of the molecule is CC(=O)NNC(=O)c1c(NC(=O)/C=C/c2ccc([N+](=O)[O-])s2)sc2c1CCCCC2. The van der Waals surface area contributed by atoms with Crippen molar-refractivity contribution in [2.45, 2.75) is 39.0 Å². The lowest BCUT2D eigenvalue weighted by Gasteiger charge is -2.09. The number of carbonyl (C=O) groups is 3. The Hall–Kier alpha value is -3.05. The minimum atomic E-state index is -0.485. The first-order valence-corrected chi connectivity index (χ1v) is 10.9. The molecule has 0 aromatic carbocycles. The fourth-order valence-electron chi connectivity index (χ4n) is 3.12. The molecule has 3 amide bonds. The fourth-order valence-corrected chi connectivity index (χ4v) is 5.13. The molecule has 0 atom stereocenters. The lowest BCUT2D eigenvalue weighted by Crippen LogP contribution is -2.40. The Labute approximate surface area is 180 Å². The van der Waals surface area contributed by atoms with Gasteiger partial charge in [-0.15, -0.1) is 11.3 Å². The van der Waals surface area contributed by atoms with Crippen molar-refractivity contribution in [2.24, 2.45) is 0 Å². The third kappa shape index (κ3) is 5.30. The number of hydrogen-bond acceptors (Lipinski definition) is 7. The number of aryl methyl sites for hydroxylation is 1. The summed E-state index contributed by atoms with van der Waals surface area (Å²) in [6.07, 6.45) is 7.38. The van der Waals surface area contributed by atoms with Gasteiger partial charge in [0, 0.05) is 28.8 Å². The van der Waals surface area contributed by atoms with Crippen LogP contribution in [0.25, 0.3) is 6.08 Å². The van der Waals surface area contributed by atoms with Gasteiger partial charge in [-0.1, -0.05) is 17.8 Å². The van der Waals surface area contributed by atoms with E-state index in [1.807, 2.05) is 0 Å². The Morgan fingerprint density at radius 3 is 2.57 bits per heavy atom. The Morgan fingerprint density at radius 2 is 1.87 bits per heavy atom. The number of hydrogen-bond donors (Lipinski definition) is 3. The molecule has 2 aromatic rings. The summed E-state index contributed by atoms with van der Waals surface area (Å²) in [6, 6.07) is 2.94. The van der Waals surface area contributed by atoms with E-state index >= 15 is 0 Å². The normalized spacial score (nSPS) is 13.4. The standard InChI is InChI=1S/C19H20N4O5S2/c1-11(24)21-22-18(26)17-13-5-3-2-4-6-14(13)30-19(17)20-15(25)9-7-12-8-10-16(29-12)23(27)28/h7-10H,2-6H2,1H3,(H,20,25)(H,21,24)(H,22,26)/b9-7+. The maximum absolute atomic E-state index is 12.7. The molecule has 0 fully saturated rings. The van der Waals surface area contributed by atoms with Crippen LogP contribution in [0.2, 0.25) is 0 Å². The van der Waals surface area contributed by atoms with Gasteiger partial charge in [0.15, 0.2) is 0 Å². The van der Waals surface area contributed by atoms with E-state index in [0.29, 0.717) is 15.4 Å². The van der Waals surface area contributed by atoms with E-state index in [9.17, 15) is 24.5 Å². The molecule has 1 aliphatic rings. The van der Waals surface area contributed by atoms with E-state index in [4.69, 9.17) is 0 Å². The predicted molar refractivity (Wildman–Crippen MR) is 115 cm³/mol. The zero-order valence-corrected chi connectivity index (χ0v) is 17.8. The monoisotopic (exact) mass is 448 g/mol. The van der Waals surface area contributed by atoms with Crippen LogP contribution < -0.4 is 16.2 Å². The van der Waals surface area contributed by atoms with E-state index < -0.39 is 22.6 Å². The molecule has 0 spiro atoms. The van der Waals surface area contributed by atoms with Crippen LogP contribution >= 0.6 is 22.7 Å². The summed E-state index contributed by atoms with van der Waals surface area (Å²) in [6.45, 7) is 1.29. The van der Waals surface area contributed by atoms with Crippen LogP contribution in [0.3, 0.4) is 0 Å². The molecule has 1 aliphatic carbocycles. The summed E-state index contributed by atoms with van der Waals surface area (Å²) in [5.74, 6) is -1.32. The molecule has 9 nitrogen and oxygen atoms in total. The van der Waals surface area contributed by atoms with Crippen LogP contribution in [0.15, 0.2) is 18.2 Å². The van der Waals surface area contributed by atoms with Gasteiger partial charge in [0.1, 0.15) is 5.00 Å². The summed E-state index contributed by atoms with van der Waals surface area (Å²) in [5.41, 5.74) is 5.94. The molecule has 2 heterocycles. The van der Waals surface area contributed by atoms with Gasteiger partial charge in [0.2, 0.25) is 11.8 Å². The number of fused-ring (bicyclic) bond motifs is 1. The summed E-state index contributed by atoms with van der Waals surface area (Å²) < 4.78 is 0. The van der Waals surface area contributed by atoms with Crippen molar-refractivity contribution in [3.05, 3.63) is 49.2 Å². The van der Waals surface area contributed by atoms with Crippen LogP contribution in [0, 0.1) is 10.1 Å². The van der Waals surface area contributed by atoms with Gasteiger partial charge in [-0.25, -0.2) is 0 Å². The molecule has 2 aromatic heterocycles. The zero-order chi connectivity index (χ0) is 21.7. The van der Waals surface area contributed by atoms with E-state index in [1.165, 1.54) is 36.5 Å². The van der Waals surface area contributed by atoms with Crippen molar-refractivity contribution in [1.29, 1.82) is 0 Å². The molecule has 158 valence electrons. The van der Waals surface area contributed by atoms with E-state index in [-0.39, 0.29) is 5.00 Å². The topological polar surface area (TPSA) is 130 Å². The molecule has 0 radical (unpaired) electrons. The van der Waals surface area contributed by atoms with E-state index in [0.717, 1.165) is 53.9 Å². The molecule has 3 rings (SSSR count). The number of rotatable bonds is 5. The molecular weight excluding hydrogens is 428 g/mol. The first-order chi connectivity index (χ1) is 14.3. The van der Waals surface area contributed by atoms with Crippen molar-refractivity contribution in [2.75, 3.05) is 5.32 Å². The summed E-state index contributed by atoms with van der Waals surface area (Å²) in [4.78, 5) is 48.2. The second-order valence-corrected chi connectivity index (χ2v) is 8.86. The van der Waals surface area contributed by atoms with Gasteiger partial charge in [-0.3, -0.25) is 35.3 Å². The second kappa shape index (κ2) is 9.63. The largest absolute Gasteiger partial charge is 0.324 e. The highest BCUT2D eigenvalue weighted by atomic mass is 32.1. The number of anilines is 1. The second-order valence-electron chi connectivity index (χ2n) is 6.66. The minimum absolute atomic E-state index is 0.00557. The highest BCUT2D eigenvalue weighted by molar-refractivity contribution is 7.17. The molecule has 0 unspecified atom stereocenters. The van der Waals surface area contributed by atoms with Crippen LogP contribution in [-0.2, 0) is 22.4 Å². The highest BCUT2D eigenvalue weighted by Crippen LogP contribution is 2.37. The van der Waals surface area contributed by atoms with Crippen LogP contribution in [0.4, 0.5) is 10.0 Å². The third-order valence-electron chi connectivity index (χ3n) is 4.43. The number of nitrogens with zero attached hydrogens (tertiary/aromatic N) is 1. The Morgan fingerprint density at radius 1 is 1.10 bits per heavy atom. The lowest BCUT2D eigenvalue weighted by atomic mass is 10.1. The van der Waals surface area contributed by atoms with Crippen molar-refractivity contribution in [1.82, 2.24) is 10.9 Å². The minimum Gasteiger partial charge on any atom is -0.313 e. The number of carbonyl (C=O) groups excluding carboxylic acids is 3. The number of thiophene rings is 2. The first kappa shape index (κ1) is 21.7. The number of nitrogens with one attached hydrogen (secondary N) is 3. The summed E-state index contributed by atoms with van der Waals surface area (Å²) >= 11 is 2.33. The molecule has 0 saturated carbocycles. The Balaban J connectivity index is 1.80. The van der Waals surface area contributed by atoms with Gasteiger partial charge in [-0.05, 0) is 43.4 Å². The fraction of sp³-hybridized carbons (Fsp3) is 0.316. The summed E-state index contributed by atoms with van der Waals surface area (Å²) in [5, 5.41) is 13.9.